The van der Waals surface area contributed by atoms with Gasteiger partial charge in [-0.05, 0) is 36.3 Å². The van der Waals surface area contributed by atoms with E-state index in [1.807, 2.05) is 0 Å². The minimum atomic E-state index is 0.519. The molecule has 0 N–H and O–H groups in total. The molecule has 2 rings (SSSR count). The van der Waals surface area contributed by atoms with Crippen LogP contribution >= 0.6 is 23.2 Å². The minimum absolute atomic E-state index is 0.519. The molecule has 4 heteroatoms. The molecule has 1 heterocycles. The molecule has 1 aliphatic carbocycles. The lowest BCUT2D eigenvalue weighted by Gasteiger charge is -2.21. The van der Waals surface area contributed by atoms with Crippen LogP contribution in [0.25, 0.3) is 0 Å². The highest BCUT2D eigenvalue weighted by Gasteiger charge is 2.21. The smallest absolute Gasteiger partial charge is 0.137 e. The van der Waals surface area contributed by atoms with E-state index in [1.165, 1.54) is 0 Å². The first-order valence-corrected chi connectivity index (χ1v) is 5.13. The summed E-state index contributed by atoms with van der Waals surface area (Å²) in [5.41, 5.74) is 2.19. The van der Waals surface area contributed by atoms with E-state index < -0.39 is 0 Å². The number of fused-ring (bicyclic) bond motifs is 1. The Kier molecular flexibility index (Phi) is 2.43. The second-order valence-corrected chi connectivity index (χ2v) is 4.30. The fourth-order valence-electron chi connectivity index (χ4n) is 1.76. The Morgan fingerprint density at radius 3 is 2.46 bits per heavy atom. The average Bonchev–Trinajstić information content (AvgIpc) is 2.12. The fourth-order valence-corrected chi connectivity index (χ4v) is 2.24. The van der Waals surface area contributed by atoms with E-state index in [1.54, 1.807) is 0 Å². The van der Waals surface area contributed by atoms with Crippen molar-refractivity contribution < 1.29 is 0 Å². The molecule has 1 atom stereocenters. The van der Waals surface area contributed by atoms with Crippen LogP contribution in [0.15, 0.2) is 0 Å². The molecule has 1 aliphatic rings. The quantitative estimate of drug-likeness (QED) is 0.667. The molecular formula is C9H10Cl2N2. The molecule has 0 amide bonds. The Morgan fingerprint density at radius 2 is 1.77 bits per heavy atom. The van der Waals surface area contributed by atoms with Gasteiger partial charge >= 0.3 is 0 Å². The van der Waals surface area contributed by atoms with Gasteiger partial charge in [-0.2, -0.15) is 0 Å². The predicted octanol–water partition coefficient (Wildman–Crippen LogP) is 2.91. The van der Waals surface area contributed by atoms with E-state index in [0.717, 1.165) is 30.4 Å². The molecule has 2 nitrogen and oxygen atoms in total. The lowest BCUT2D eigenvalue weighted by molar-refractivity contribution is 0.498. The van der Waals surface area contributed by atoms with Crippen LogP contribution in [-0.2, 0) is 12.8 Å². The van der Waals surface area contributed by atoms with Gasteiger partial charge in [0, 0.05) is 0 Å². The molecule has 1 aromatic rings. The van der Waals surface area contributed by atoms with Crippen LogP contribution in [0.1, 0.15) is 24.5 Å². The van der Waals surface area contributed by atoms with Gasteiger partial charge in [0.05, 0.1) is 0 Å². The first-order valence-electron chi connectivity index (χ1n) is 4.38. The van der Waals surface area contributed by atoms with Crippen molar-refractivity contribution in [1.82, 2.24) is 10.2 Å². The lowest BCUT2D eigenvalue weighted by atomic mass is 9.87. The second kappa shape index (κ2) is 3.43. The first-order chi connectivity index (χ1) is 6.18. The molecular weight excluding hydrogens is 207 g/mol. The minimum Gasteiger partial charge on any atom is -0.137 e. The second-order valence-electron chi connectivity index (χ2n) is 3.59. The molecule has 0 aliphatic heterocycles. The van der Waals surface area contributed by atoms with E-state index in [4.69, 9.17) is 23.2 Å². The summed E-state index contributed by atoms with van der Waals surface area (Å²) >= 11 is 11.9. The molecule has 0 radical (unpaired) electrons. The van der Waals surface area contributed by atoms with Gasteiger partial charge in [0.25, 0.3) is 0 Å². The largest absolute Gasteiger partial charge is 0.155 e. The Labute approximate surface area is 87.3 Å². The first kappa shape index (κ1) is 9.22. The van der Waals surface area contributed by atoms with Gasteiger partial charge < -0.3 is 0 Å². The summed E-state index contributed by atoms with van der Waals surface area (Å²) in [5.74, 6) is 0.672. The zero-order chi connectivity index (χ0) is 9.42. The molecule has 1 unspecified atom stereocenters. The van der Waals surface area contributed by atoms with Crippen LogP contribution in [0.5, 0.6) is 0 Å². The standard InChI is InChI=1S/C9H10Cl2N2/c1-5-2-3-6-7(4-5)9(11)13-12-8(6)10/h5H,2-4H2,1H3. The molecule has 0 saturated heterocycles. The summed E-state index contributed by atoms with van der Waals surface area (Å²) in [6.45, 7) is 2.22. The van der Waals surface area contributed by atoms with Gasteiger partial charge in [0.1, 0.15) is 0 Å². The van der Waals surface area contributed by atoms with Crippen LogP contribution in [-0.4, -0.2) is 10.2 Å². The maximum Gasteiger partial charge on any atom is 0.155 e. The van der Waals surface area contributed by atoms with E-state index in [-0.39, 0.29) is 0 Å². The van der Waals surface area contributed by atoms with Gasteiger partial charge in [-0.25, -0.2) is 0 Å². The van der Waals surface area contributed by atoms with Crippen molar-refractivity contribution in [2.24, 2.45) is 5.92 Å². The average molecular weight is 217 g/mol. The van der Waals surface area contributed by atoms with Crippen LogP contribution in [0, 0.1) is 5.92 Å². The number of aromatic nitrogens is 2. The van der Waals surface area contributed by atoms with Gasteiger partial charge in [-0.3, -0.25) is 0 Å². The summed E-state index contributed by atoms with van der Waals surface area (Å²) in [6, 6.07) is 0. The van der Waals surface area contributed by atoms with E-state index in [9.17, 15) is 0 Å². The summed E-state index contributed by atoms with van der Waals surface area (Å²) < 4.78 is 0. The van der Waals surface area contributed by atoms with Crippen molar-refractivity contribution in [3.63, 3.8) is 0 Å². The molecule has 70 valence electrons. The van der Waals surface area contributed by atoms with E-state index >= 15 is 0 Å². The molecule has 0 fully saturated rings. The summed E-state index contributed by atoms with van der Waals surface area (Å²) in [6.07, 6.45) is 3.11. The summed E-state index contributed by atoms with van der Waals surface area (Å²) in [4.78, 5) is 0. The zero-order valence-electron chi connectivity index (χ0n) is 7.35. The van der Waals surface area contributed by atoms with Gasteiger partial charge in [-0.1, -0.05) is 30.1 Å². The van der Waals surface area contributed by atoms with E-state index in [0.29, 0.717) is 16.2 Å². The number of halogens is 2. The van der Waals surface area contributed by atoms with Gasteiger partial charge in [0.2, 0.25) is 0 Å². The molecule has 0 saturated carbocycles. The normalized spacial score (nSPS) is 21.3. The Bertz CT molecular complexity index is 339. The molecule has 0 aromatic carbocycles. The monoisotopic (exact) mass is 216 g/mol. The summed E-state index contributed by atoms with van der Waals surface area (Å²) in [5, 5.41) is 8.65. The summed E-state index contributed by atoms with van der Waals surface area (Å²) in [7, 11) is 0. The number of hydrogen-bond donors (Lipinski definition) is 0. The van der Waals surface area contributed by atoms with Crippen molar-refractivity contribution in [3.05, 3.63) is 21.4 Å². The van der Waals surface area contributed by atoms with Crippen molar-refractivity contribution in [2.45, 2.75) is 26.2 Å². The third-order valence-electron chi connectivity index (χ3n) is 2.53. The third kappa shape index (κ3) is 1.65. The lowest BCUT2D eigenvalue weighted by Crippen LogP contribution is -2.13. The molecule has 0 spiro atoms. The van der Waals surface area contributed by atoms with Crippen molar-refractivity contribution in [1.29, 1.82) is 0 Å². The van der Waals surface area contributed by atoms with Crippen LogP contribution in [0.4, 0.5) is 0 Å². The highest BCUT2D eigenvalue weighted by molar-refractivity contribution is 6.32. The Hall–Kier alpha value is -0.340. The fraction of sp³-hybridized carbons (Fsp3) is 0.556. The van der Waals surface area contributed by atoms with Crippen molar-refractivity contribution in [3.8, 4) is 0 Å². The zero-order valence-corrected chi connectivity index (χ0v) is 8.86. The van der Waals surface area contributed by atoms with E-state index in [2.05, 4.69) is 17.1 Å². The molecule has 0 bridgehead atoms. The maximum atomic E-state index is 5.95. The predicted molar refractivity (Wildman–Crippen MR) is 53.2 cm³/mol. The highest BCUT2D eigenvalue weighted by atomic mass is 35.5. The van der Waals surface area contributed by atoms with Crippen LogP contribution < -0.4 is 0 Å². The van der Waals surface area contributed by atoms with Crippen molar-refractivity contribution >= 4 is 23.2 Å². The topological polar surface area (TPSA) is 25.8 Å². The third-order valence-corrected chi connectivity index (χ3v) is 3.14. The van der Waals surface area contributed by atoms with Crippen molar-refractivity contribution in [2.75, 3.05) is 0 Å². The van der Waals surface area contributed by atoms with Crippen LogP contribution in [0.3, 0.4) is 0 Å². The highest BCUT2D eigenvalue weighted by Crippen LogP contribution is 2.32. The number of nitrogens with zero attached hydrogens (tertiary/aromatic N) is 2. The van der Waals surface area contributed by atoms with Crippen LogP contribution in [0.2, 0.25) is 10.3 Å². The SMILES string of the molecule is CC1CCc2c(Cl)nnc(Cl)c2C1. The Balaban J connectivity index is 2.51. The van der Waals surface area contributed by atoms with Gasteiger partial charge in [-0.15, -0.1) is 10.2 Å². The number of rotatable bonds is 0. The Morgan fingerprint density at radius 1 is 1.15 bits per heavy atom. The molecule has 1 aromatic heterocycles. The molecule has 13 heavy (non-hydrogen) atoms. The number of hydrogen-bond acceptors (Lipinski definition) is 2. The van der Waals surface area contributed by atoms with Gasteiger partial charge in [0.15, 0.2) is 10.3 Å². The maximum absolute atomic E-state index is 5.95.